The summed E-state index contributed by atoms with van der Waals surface area (Å²) in [5.41, 5.74) is 0.603. The van der Waals surface area contributed by atoms with E-state index in [1.165, 1.54) is 24.8 Å². The molecule has 1 amide bonds. The number of anilines is 2. The van der Waals surface area contributed by atoms with Gasteiger partial charge in [-0.2, -0.15) is 0 Å². The molecule has 120 valence electrons. The van der Waals surface area contributed by atoms with Crippen molar-refractivity contribution >= 4 is 34.0 Å². The molecule has 0 spiro atoms. The van der Waals surface area contributed by atoms with E-state index in [0.717, 1.165) is 31.7 Å². The highest BCUT2D eigenvalue weighted by molar-refractivity contribution is 7.14. The van der Waals surface area contributed by atoms with Gasteiger partial charge in [0.1, 0.15) is 22.8 Å². The zero-order valence-electron chi connectivity index (χ0n) is 12.6. The van der Waals surface area contributed by atoms with E-state index in [9.17, 15) is 9.59 Å². The van der Waals surface area contributed by atoms with Crippen LogP contribution in [0.3, 0.4) is 0 Å². The number of carbonyl (C=O) groups is 2. The van der Waals surface area contributed by atoms with Gasteiger partial charge in [-0.05, 0) is 24.3 Å². The fourth-order valence-corrected chi connectivity index (χ4v) is 3.20. The largest absolute Gasteiger partial charge is 0.465 e. The summed E-state index contributed by atoms with van der Waals surface area (Å²) in [5, 5.41) is 4.88. The molecule has 2 aromatic heterocycles. The second kappa shape index (κ2) is 6.74. The van der Waals surface area contributed by atoms with Gasteiger partial charge in [-0.1, -0.05) is 0 Å². The van der Waals surface area contributed by atoms with Crippen molar-refractivity contribution in [1.29, 1.82) is 0 Å². The van der Waals surface area contributed by atoms with E-state index in [1.807, 2.05) is 0 Å². The SMILES string of the molecule is COC(=O)c1ccsc1NC(=O)c1cc(N2CCCC2)ncn1. The number of nitrogens with zero attached hydrogens (tertiary/aromatic N) is 3. The van der Waals surface area contributed by atoms with E-state index in [2.05, 4.69) is 20.2 Å². The number of esters is 1. The van der Waals surface area contributed by atoms with Crippen molar-refractivity contribution in [3.63, 3.8) is 0 Å². The number of aromatic nitrogens is 2. The van der Waals surface area contributed by atoms with Crippen molar-refractivity contribution in [2.75, 3.05) is 30.4 Å². The molecule has 3 heterocycles. The molecule has 1 aliphatic rings. The van der Waals surface area contributed by atoms with Gasteiger partial charge in [-0.3, -0.25) is 4.79 Å². The summed E-state index contributed by atoms with van der Waals surface area (Å²) in [6.07, 6.45) is 3.64. The molecular formula is C15H16N4O3S. The van der Waals surface area contributed by atoms with Crippen LogP contribution in [-0.4, -0.2) is 42.0 Å². The number of thiophene rings is 1. The molecule has 2 aromatic rings. The van der Waals surface area contributed by atoms with Gasteiger partial charge in [0.2, 0.25) is 0 Å². The number of rotatable bonds is 4. The first-order chi connectivity index (χ1) is 11.2. The van der Waals surface area contributed by atoms with E-state index >= 15 is 0 Å². The molecular weight excluding hydrogens is 316 g/mol. The zero-order valence-corrected chi connectivity index (χ0v) is 13.4. The number of amides is 1. The maximum Gasteiger partial charge on any atom is 0.340 e. The van der Waals surface area contributed by atoms with Crippen LogP contribution in [0.5, 0.6) is 0 Å². The average molecular weight is 332 g/mol. The van der Waals surface area contributed by atoms with Crippen molar-refractivity contribution < 1.29 is 14.3 Å². The quantitative estimate of drug-likeness (QED) is 0.864. The summed E-state index contributed by atoms with van der Waals surface area (Å²) >= 11 is 1.26. The monoisotopic (exact) mass is 332 g/mol. The highest BCUT2D eigenvalue weighted by Gasteiger charge is 2.19. The van der Waals surface area contributed by atoms with Crippen LogP contribution in [0.1, 0.15) is 33.7 Å². The predicted octanol–water partition coefficient (Wildman–Crippen LogP) is 2.18. The topological polar surface area (TPSA) is 84.4 Å². The number of carbonyl (C=O) groups excluding carboxylic acids is 2. The van der Waals surface area contributed by atoms with E-state index < -0.39 is 5.97 Å². The third-order valence-electron chi connectivity index (χ3n) is 3.61. The van der Waals surface area contributed by atoms with E-state index in [4.69, 9.17) is 4.74 Å². The van der Waals surface area contributed by atoms with Gasteiger partial charge >= 0.3 is 5.97 Å². The molecule has 23 heavy (non-hydrogen) atoms. The van der Waals surface area contributed by atoms with Gasteiger partial charge in [0, 0.05) is 19.2 Å². The molecule has 7 nitrogen and oxygen atoms in total. The van der Waals surface area contributed by atoms with Crippen LogP contribution >= 0.6 is 11.3 Å². The fraction of sp³-hybridized carbons (Fsp3) is 0.333. The van der Waals surface area contributed by atoms with Gasteiger partial charge in [0.15, 0.2) is 0 Å². The van der Waals surface area contributed by atoms with Crippen molar-refractivity contribution in [2.24, 2.45) is 0 Å². The lowest BCUT2D eigenvalue weighted by atomic mass is 10.3. The lowest BCUT2D eigenvalue weighted by Crippen LogP contribution is -2.21. The lowest BCUT2D eigenvalue weighted by Gasteiger charge is -2.16. The number of hydrogen-bond acceptors (Lipinski definition) is 7. The standard InChI is InChI=1S/C15H16N4O3S/c1-22-15(21)10-4-7-23-14(10)18-13(20)11-8-12(17-9-16-11)19-5-2-3-6-19/h4,7-9H,2-3,5-6H2,1H3,(H,18,20). The van der Waals surface area contributed by atoms with Crippen LogP contribution in [0.4, 0.5) is 10.8 Å². The van der Waals surface area contributed by atoms with Crippen LogP contribution in [0.25, 0.3) is 0 Å². The average Bonchev–Trinajstić information content (AvgIpc) is 3.26. The Morgan fingerprint density at radius 2 is 2.09 bits per heavy atom. The second-order valence-electron chi connectivity index (χ2n) is 5.06. The maximum absolute atomic E-state index is 12.4. The fourth-order valence-electron chi connectivity index (χ4n) is 2.43. The van der Waals surface area contributed by atoms with Crippen molar-refractivity contribution in [3.8, 4) is 0 Å². The molecule has 0 atom stereocenters. The predicted molar refractivity (Wildman–Crippen MR) is 87.1 cm³/mol. The minimum atomic E-state index is -0.484. The third-order valence-corrected chi connectivity index (χ3v) is 4.44. The summed E-state index contributed by atoms with van der Waals surface area (Å²) < 4.78 is 4.69. The smallest absolute Gasteiger partial charge is 0.340 e. The first kappa shape index (κ1) is 15.4. The first-order valence-corrected chi connectivity index (χ1v) is 8.11. The minimum absolute atomic E-state index is 0.270. The number of hydrogen-bond donors (Lipinski definition) is 1. The first-order valence-electron chi connectivity index (χ1n) is 7.23. The van der Waals surface area contributed by atoms with Crippen molar-refractivity contribution in [3.05, 3.63) is 35.1 Å². The molecule has 0 radical (unpaired) electrons. The summed E-state index contributed by atoms with van der Waals surface area (Å²) in [7, 11) is 1.30. The zero-order chi connectivity index (χ0) is 16.2. The molecule has 3 rings (SSSR count). The number of ether oxygens (including phenoxy) is 1. The molecule has 1 fully saturated rings. The van der Waals surface area contributed by atoms with E-state index in [-0.39, 0.29) is 11.6 Å². The molecule has 0 bridgehead atoms. The van der Waals surface area contributed by atoms with Gasteiger partial charge in [-0.25, -0.2) is 14.8 Å². The molecule has 0 unspecified atom stereocenters. The number of nitrogens with one attached hydrogen (secondary N) is 1. The molecule has 0 saturated carbocycles. The highest BCUT2D eigenvalue weighted by atomic mass is 32.1. The van der Waals surface area contributed by atoms with Crippen molar-refractivity contribution in [1.82, 2.24) is 9.97 Å². The third kappa shape index (κ3) is 3.31. The van der Waals surface area contributed by atoms with Crippen molar-refractivity contribution in [2.45, 2.75) is 12.8 Å². The van der Waals surface area contributed by atoms with Crippen LogP contribution in [0.2, 0.25) is 0 Å². The lowest BCUT2D eigenvalue weighted by molar-refractivity contribution is 0.0602. The van der Waals surface area contributed by atoms with Crippen LogP contribution in [0.15, 0.2) is 23.8 Å². The molecule has 8 heteroatoms. The molecule has 1 N–H and O–H groups in total. The van der Waals surface area contributed by atoms with Crippen LogP contribution < -0.4 is 10.2 Å². The summed E-state index contributed by atoms with van der Waals surface area (Å²) in [6, 6.07) is 3.29. The summed E-state index contributed by atoms with van der Waals surface area (Å²) in [4.78, 5) is 34.4. The van der Waals surface area contributed by atoms with Gasteiger partial charge in [0.05, 0.1) is 12.7 Å². The Morgan fingerprint density at radius 1 is 1.30 bits per heavy atom. The Bertz CT molecular complexity index is 725. The summed E-state index contributed by atoms with van der Waals surface area (Å²) in [6.45, 7) is 1.88. The number of methoxy groups -OCH3 is 1. The molecule has 0 aliphatic carbocycles. The minimum Gasteiger partial charge on any atom is -0.465 e. The maximum atomic E-state index is 12.4. The van der Waals surface area contributed by atoms with Crippen LogP contribution in [-0.2, 0) is 4.74 Å². The summed E-state index contributed by atoms with van der Waals surface area (Å²) in [5.74, 6) is -0.107. The van der Waals surface area contributed by atoms with E-state index in [1.54, 1.807) is 17.5 Å². The normalized spacial score (nSPS) is 13.9. The second-order valence-corrected chi connectivity index (χ2v) is 5.98. The van der Waals surface area contributed by atoms with E-state index in [0.29, 0.717) is 10.6 Å². The van der Waals surface area contributed by atoms with Crippen LogP contribution in [0, 0.1) is 0 Å². The van der Waals surface area contributed by atoms with Gasteiger partial charge in [0.25, 0.3) is 5.91 Å². The Morgan fingerprint density at radius 3 is 2.83 bits per heavy atom. The Kier molecular flexibility index (Phi) is 4.52. The molecule has 1 aliphatic heterocycles. The Labute approximate surface area is 137 Å². The molecule has 1 saturated heterocycles. The molecule has 0 aromatic carbocycles. The van der Waals surface area contributed by atoms with Gasteiger partial charge < -0.3 is 15.0 Å². The van der Waals surface area contributed by atoms with Gasteiger partial charge in [-0.15, -0.1) is 11.3 Å². The highest BCUT2D eigenvalue weighted by Crippen LogP contribution is 2.25. The Balaban J connectivity index is 1.77. The Hall–Kier alpha value is -2.48.